The van der Waals surface area contributed by atoms with Crippen LogP contribution in [-0.4, -0.2) is 25.7 Å². The topological polar surface area (TPSA) is 98.7 Å². The minimum atomic E-state index is -0.294. The quantitative estimate of drug-likeness (QED) is 0.810. The molecule has 18 heavy (non-hydrogen) atoms. The highest BCUT2D eigenvalue weighted by molar-refractivity contribution is 5.92. The van der Waals surface area contributed by atoms with E-state index in [4.69, 9.17) is 5.73 Å². The summed E-state index contributed by atoms with van der Waals surface area (Å²) in [4.78, 5) is 15.9. The number of hydrogen-bond donors (Lipinski definition) is 2. The maximum Gasteiger partial charge on any atom is 0.270 e. The first-order chi connectivity index (χ1) is 8.58. The first-order valence-electron chi connectivity index (χ1n) is 5.45. The monoisotopic (exact) mass is 246 g/mol. The van der Waals surface area contributed by atoms with Crippen LogP contribution >= 0.6 is 0 Å². The Morgan fingerprint density at radius 1 is 1.50 bits per heavy atom. The Hall–Kier alpha value is -2.44. The van der Waals surface area contributed by atoms with Crippen molar-refractivity contribution in [1.82, 2.24) is 25.1 Å². The Morgan fingerprint density at radius 3 is 2.89 bits per heavy atom. The smallest absolute Gasteiger partial charge is 0.270 e. The van der Waals surface area contributed by atoms with E-state index in [0.717, 1.165) is 0 Å². The van der Waals surface area contributed by atoms with Gasteiger partial charge in [-0.25, -0.2) is 4.98 Å². The van der Waals surface area contributed by atoms with Gasteiger partial charge < -0.3 is 15.6 Å². The molecule has 0 saturated carbocycles. The molecule has 7 heteroatoms. The largest absolute Gasteiger partial charge is 0.384 e. The predicted octanol–water partition coefficient (Wildman–Crippen LogP) is 0.283. The van der Waals surface area contributed by atoms with Gasteiger partial charge in [-0.2, -0.15) is 0 Å². The lowest BCUT2D eigenvalue weighted by molar-refractivity contribution is 0.0933. The van der Waals surface area contributed by atoms with Crippen LogP contribution in [0.2, 0.25) is 0 Å². The zero-order valence-electron chi connectivity index (χ0n) is 10.2. The fourth-order valence-corrected chi connectivity index (χ4v) is 1.60. The highest BCUT2D eigenvalue weighted by atomic mass is 16.1. The molecule has 2 aromatic rings. The minimum absolute atomic E-state index is 0.256. The lowest BCUT2D eigenvalue weighted by Gasteiger charge is -2.12. The second-order valence-corrected chi connectivity index (χ2v) is 3.94. The van der Waals surface area contributed by atoms with Gasteiger partial charge in [-0.05, 0) is 19.1 Å². The van der Waals surface area contributed by atoms with E-state index in [1.165, 1.54) is 0 Å². The van der Waals surface area contributed by atoms with Gasteiger partial charge in [0.2, 0.25) is 0 Å². The number of aromatic nitrogens is 4. The zero-order chi connectivity index (χ0) is 13.1. The molecule has 1 atom stereocenters. The summed E-state index contributed by atoms with van der Waals surface area (Å²) >= 11 is 0. The normalized spacial score (nSPS) is 12.1. The van der Waals surface area contributed by atoms with Crippen LogP contribution in [0.25, 0.3) is 0 Å². The molecule has 7 nitrogen and oxygen atoms in total. The van der Waals surface area contributed by atoms with Crippen molar-refractivity contribution in [3.05, 3.63) is 36.0 Å². The van der Waals surface area contributed by atoms with Crippen molar-refractivity contribution in [3.8, 4) is 0 Å². The van der Waals surface area contributed by atoms with Gasteiger partial charge in [0.25, 0.3) is 5.91 Å². The van der Waals surface area contributed by atoms with Gasteiger partial charge in [0.15, 0.2) is 5.82 Å². The molecule has 1 amide bonds. The van der Waals surface area contributed by atoms with Crippen molar-refractivity contribution in [2.45, 2.75) is 13.0 Å². The van der Waals surface area contributed by atoms with E-state index in [1.807, 2.05) is 14.0 Å². The summed E-state index contributed by atoms with van der Waals surface area (Å²) in [7, 11) is 1.82. The lowest BCUT2D eigenvalue weighted by atomic mass is 10.2. The van der Waals surface area contributed by atoms with Crippen molar-refractivity contribution in [3.63, 3.8) is 0 Å². The highest BCUT2D eigenvalue weighted by Gasteiger charge is 2.16. The molecule has 0 bridgehead atoms. The second-order valence-electron chi connectivity index (χ2n) is 3.94. The van der Waals surface area contributed by atoms with Crippen LogP contribution in [0.1, 0.15) is 29.3 Å². The van der Waals surface area contributed by atoms with Crippen molar-refractivity contribution in [1.29, 1.82) is 0 Å². The second kappa shape index (κ2) is 4.82. The Morgan fingerprint density at radius 2 is 2.28 bits per heavy atom. The van der Waals surface area contributed by atoms with E-state index in [9.17, 15) is 4.79 Å². The fourth-order valence-electron chi connectivity index (χ4n) is 1.60. The van der Waals surface area contributed by atoms with Crippen molar-refractivity contribution in [2.24, 2.45) is 7.05 Å². The number of hydrogen-bond acceptors (Lipinski definition) is 5. The Labute approximate surface area is 104 Å². The Kier molecular flexibility index (Phi) is 3.22. The average molecular weight is 246 g/mol. The predicted molar refractivity (Wildman–Crippen MR) is 65.5 cm³/mol. The molecule has 0 fully saturated rings. The minimum Gasteiger partial charge on any atom is -0.384 e. The number of anilines is 1. The van der Waals surface area contributed by atoms with Crippen LogP contribution in [0.15, 0.2) is 24.5 Å². The molecule has 1 unspecified atom stereocenters. The molecular weight excluding hydrogens is 232 g/mol. The van der Waals surface area contributed by atoms with Crippen LogP contribution in [-0.2, 0) is 7.05 Å². The molecular formula is C11H14N6O. The maximum absolute atomic E-state index is 11.9. The molecule has 2 aromatic heterocycles. The third-order valence-electron chi connectivity index (χ3n) is 2.48. The molecule has 0 aliphatic carbocycles. The molecule has 2 rings (SSSR count). The van der Waals surface area contributed by atoms with Gasteiger partial charge in [-0.3, -0.25) is 4.79 Å². The number of aryl methyl sites for hydroxylation is 1. The SMILES string of the molecule is CC(NC(=O)c1cccc(N)n1)c1nncn1C. The number of nitrogens with two attached hydrogens (primary N) is 1. The van der Waals surface area contributed by atoms with Gasteiger partial charge >= 0.3 is 0 Å². The van der Waals surface area contributed by atoms with E-state index in [0.29, 0.717) is 11.6 Å². The maximum atomic E-state index is 11.9. The van der Waals surface area contributed by atoms with Gasteiger partial charge in [-0.15, -0.1) is 10.2 Å². The molecule has 0 aliphatic rings. The molecule has 2 heterocycles. The van der Waals surface area contributed by atoms with Gasteiger partial charge in [-0.1, -0.05) is 6.07 Å². The van der Waals surface area contributed by atoms with Crippen molar-refractivity contribution < 1.29 is 4.79 Å². The summed E-state index contributed by atoms with van der Waals surface area (Å²) in [5.41, 5.74) is 5.81. The molecule has 0 aliphatic heterocycles. The zero-order valence-corrected chi connectivity index (χ0v) is 10.2. The molecule has 0 spiro atoms. The third-order valence-corrected chi connectivity index (χ3v) is 2.48. The number of amides is 1. The summed E-state index contributed by atoms with van der Waals surface area (Å²) in [5.74, 6) is 0.694. The molecule has 94 valence electrons. The van der Waals surface area contributed by atoms with Crippen molar-refractivity contribution >= 4 is 11.7 Å². The number of nitrogen functional groups attached to an aromatic ring is 1. The highest BCUT2D eigenvalue weighted by Crippen LogP contribution is 2.08. The van der Waals surface area contributed by atoms with Crippen LogP contribution in [0.3, 0.4) is 0 Å². The molecule has 3 N–H and O–H groups in total. The van der Waals surface area contributed by atoms with E-state index < -0.39 is 0 Å². The number of pyridine rings is 1. The molecule has 0 saturated heterocycles. The van der Waals surface area contributed by atoms with Gasteiger partial charge in [0.05, 0.1) is 6.04 Å². The Balaban J connectivity index is 2.10. The average Bonchev–Trinajstić information content (AvgIpc) is 2.75. The Bertz CT molecular complexity index is 564. The summed E-state index contributed by atoms with van der Waals surface area (Å²) in [5, 5.41) is 10.5. The lowest BCUT2D eigenvalue weighted by Crippen LogP contribution is -2.29. The summed E-state index contributed by atoms with van der Waals surface area (Å²) in [6, 6.07) is 4.66. The number of rotatable bonds is 3. The van der Waals surface area contributed by atoms with Crippen LogP contribution in [0.5, 0.6) is 0 Å². The van der Waals surface area contributed by atoms with E-state index in [-0.39, 0.29) is 17.6 Å². The molecule has 0 radical (unpaired) electrons. The summed E-state index contributed by atoms with van der Waals surface area (Å²) in [6.45, 7) is 1.83. The number of nitrogens with zero attached hydrogens (tertiary/aromatic N) is 4. The summed E-state index contributed by atoms with van der Waals surface area (Å²) < 4.78 is 1.75. The van der Waals surface area contributed by atoms with Gasteiger partial charge in [0.1, 0.15) is 17.8 Å². The fraction of sp³-hybridized carbons (Fsp3) is 0.273. The summed E-state index contributed by atoms with van der Waals surface area (Å²) in [6.07, 6.45) is 1.58. The first kappa shape index (κ1) is 12.0. The van der Waals surface area contributed by atoms with E-state index in [1.54, 1.807) is 29.1 Å². The van der Waals surface area contributed by atoms with Crippen molar-refractivity contribution in [2.75, 3.05) is 5.73 Å². The standard InChI is InChI=1S/C11H14N6O/c1-7(10-16-13-6-17(10)2)14-11(18)8-4-3-5-9(12)15-8/h3-7H,1-2H3,(H2,12,15)(H,14,18). The first-order valence-corrected chi connectivity index (χ1v) is 5.45. The van der Waals surface area contributed by atoms with E-state index >= 15 is 0 Å². The van der Waals surface area contributed by atoms with E-state index in [2.05, 4.69) is 20.5 Å². The van der Waals surface area contributed by atoms with Crippen LogP contribution in [0.4, 0.5) is 5.82 Å². The number of nitrogens with one attached hydrogen (secondary N) is 1. The third kappa shape index (κ3) is 2.45. The van der Waals surface area contributed by atoms with Gasteiger partial charge in [0, 0.05) is 7.05 Å². The number of carbonyl (C=O) groups is 1. The van der Waals surface area contributed by atoms with Crippen LogP contribution in [0, 0.1) is 0 Å². The molecule has 0 aromatic carbocycles. The number of carbonyl (C=O) groups excluding carboxylic acids is 1. The van der Waals surface area contributed by atoms with Crippen LogP contribution < -0.4 is 11.1 Å².